The van der Waals surface area contributed by atoms with Crippen LogP contribution >= 0.6 is 24.0 Å². The van der Waals surface area contributed by atoms with E-state index in [0.29, 0.717) is 5.95 Å². The molecule has 1 aromatic heterocycles. The van der Waals surface area contributed by atoms with Crippen LogP contribution in [0.25, 0.3) is 0 Å². The first-order valence-corrected chi connectivity index (χ1v) is 9.31. The van der Waals surface area contributed by atoms with Crippen LogP contribution in [0, 0.1) is 0 Å². The average molecular weight is 417 g/mol. The topological polar surface area (TPSA) is 50.3 Å². The van der Waals surface area contributed by atoms with E-state index in [9.17, 15) is 0 Å². The maximum Gasteiger partial charge on any atom is 0.227 e. The van der Waals surface area contributed by atoms with Gasteiger partial charge in [0.1, 0.15) is 5.75 Å². The second-order valence-corrected chi connectivity index (χ2v) is 7.01. The highest BCUT2D eigenvalue weighted by Gasteiger charge is 2.19. The number of fused-ring (bicyclic) bond motifs is 1. The molecule has 1 aliphatic rings. The smallest absolute Gasteiger partial charge is 0.227 e. The zero-order valence-corrected chi connectivity index (χ0v) is 17.1. The molecule has 1 aliphatic heterocycles. The van der Waals surface area contributed by atoms with Crippen molar-refractivity contribution >= 4 is 35.6 Å². The van der Waals surface area contributed by atoms with Crippen molar-refractivity contribution in [3.63, 3.8) is 0 Å². The van der Waals surface area contributed by atoms with Gasteiger partial charge in [-0.25, -0.2) is 9.97 Å². The number of nitrogens with one attached hydrogen (secondary N) is 1. The number of anilines is 2. The van der Waals surface area contributed by atoms with Crippen LogP contribution in [0.4, 0.5) is 11.6 Å². The first kappa shape index (κ1) is 20.4. The van der Waals surface area contributed by atoms with E-state index in [-0.39, 0.29) is 12.4 Å². The Morgan fingerprint density at radius 2 is 1.93 bits per heavy atom. The first-order chi connectivity index (χ1) is 13.2. The van der Waals surface area contributed by atoms with E-state index in [4.69, 9.17) is 21.3 Å². The molecule has 1 N–H and O–H groups in total. The van der Waals surface area contributed by atoms with Gasteiger partial charge in [-0.1, -0.05) is 35.9 Å². The van der Waals surface area contributed by atoms with Gasteiger partial charge in [-0.3, -0.25) is 4.90 Å². The van der Waals surface area contributed by atoms with Crippen molar-refractivity contribution in [3.8, 4) is 5.75 Å². The van der Waals surface area contributed by atoms with Crippen molar-refractivity contribution < 1.29 is 4.74 Å². The molecule has 0 radical (unpaired) electrons. The first-order valence-electron chi connectivity index (χ1n) is 8.93. The highest BCUT2D eigenvalue weighted by Crippen LogP contribution is 2.26. The van der Waals surface area contributed by atoms with Gasteiger partial charge in [-0.05, 0) is 29.8 Å². The Labute approximate surface area is 176 Å². The number of hydrogen-bond donors (Lipinski definition) is 1. The van der Waals surface area contributed by atoms with Crippen molar-refractivity contribution in [3.05, 3.63) is 76.6 Å². The van der Waals surface area contributed by atoms with Crippen LogP contribution in [-0.4, -0.2) is 28.5 Å². The van der Waals surface area contributed by atoms with Gasteiger partial charge < -0.3 is 10.1 Å². The summed E-state index contributed by atoms with van der Waals surface area (Å²) in [6.45, 7) is 2.73. The van der Waals surface area contributed by atoms with E-state index in [0.717, 1.165) is 48.2 Å². The van der Waals surface area contributed by atoms with Crippen LogP contribution in [0.15, 0.2) is 54.7 Å². The predicted molar refractivity (Wildman–Crippen MR) is 115 cm³/mol. The maximum atomic E-state index is 5.97. The van der Waals surface area contributed by atoms with Gasteiger partial charge in [0.2, 0.25) is 5.95 Å². The molecule has 0 fully saturated rings. The molecule has 2 aromatic carbocycles. The Morgan fingerprint density at radius 3 is 2.71 bits per heavy atom. The molecule has 146 valence electrons. The number of ether oxygens (including phenoxy) is 1. The predicted octanol–water partition coefficient (Wildman–Crippen LogP) is 4.86. The van der Waals surface area contributed by atoms with Crippen molar-refractivity contribution in [2.24, 2.45) is 0 Å². The van der Waals surface area contributed by atoms with Crippen LogP contribution < -0.4 is 10.1 Å². The molecule has 5 nitrogen and oxygen atoms in total. The molecule has 0 amide bonds. The minimum absolute atomic E-state index is 0. The molecular formula is C21H22Cl2N4O. The molecule has 0 atom stereocenters. The third-order valence-corrected chi connectivity index (χ3v) is 4.94. The Morgan fingerprint density at radius 1 is 1.14 bits per heavy atom. The van der Waals surface area contributed by atoms with Gasteiger partial charge in [0.25, 0.3) is 0 Å². The fourth-order valence-corrected chi connectivity index (χ4v) is 3.41. The standard InChI is InChI=1S/C21H21ClN4O.ClH/c1-27-20-5-3-2-4-19(20)25-21-23-12-16-14-26(11-10-18(16)24-21)13-15-6-8-17(22)9-7-15;/h2-9,12H,10-11,13-14H2,1H3,(H,23,24,25);1H. The summed E-state index contributed by atoms with van der Waals surface area (Å²) in [6, 6.07) is 15.8. The highest BCUT2D eigenvalue weighted by molar-refractivity contribution is 6.30. The van der Waals surface area contributed by atoms with Crippen molar-refractivity contribution in [2.75, 3.05) is 19.0 Å². The number of halogens is 2. The molecule has 0 saturated carbocycles. The molecule has 0 bridgehead atoms. The second-order valence-electron chi connectivity index (χ2n) is 6.58. The van der Waals surface area contributed by atoms with E-state index in [1.54, 1.807) is 7.11 Å². The lowest BCUT2D eigenvalue weighted by Gasteiger charge is -2.28. The average Bonchev–Trinajstić information content (AvgIpc) is 2.70. The maximum absolute atomic E-state index is 5.97. The van der Waals surface area contributed by atoms with E-state index < -0.39 is 0 Å². The summed E-state index contributed by atoms with van der Waals surface area (Å²) in [5.74, 6) is 1.37. The molecule has 4 rings (SSSR count). The number of rotatable bonds is 5. The van der Waals surface area contributed by atoms with E-state index in [1.807, 2.05) is 42.6 Å². The van der Waals surface area contributed by atoms with Gasteiger partial charge in [-0.2, -0.15) is 0 Å². The van der Waals surface area contributed by atoms with Gasteiger partial charge >= 0.3 is 0 Å². The lowest BCUT2D eigenvalue weighted by molar-refractivity contribution is 0.243. The minimum Gasteiger partial charge on any atom is -0.495 e. The number of hydrogen-bond acceptors (Lipinski definition) is 5. The quantitative estimate of drug-likeness (QED) is 0.643. The molecule has 2 heterocycles. The molecule has 0 saturated heterocycles. The second kappa shape index (κ2) is 9.24. The van der Waals surface area contributed by atoms with Gasteiger partial charge in [0, 0.05) is 42.8 Å². The van der Waals surface area contributed by atoms with Crippen LogP contribution in [0.2, 0.25) is 5.02 Å². The van der Waals surface area contributed by atoms with Crippen LogP contribution in [0.1, 0.15) is 16.8 Å². The normalized spacial score (nSPS) is 13.4. The summed E-state index contributed by atoms with van der Waals surface area (Å²) in [4.78, 5) is 11.6. The third-order valence-electron chi connectivity index (χ3n) is 4.69. The van der Waals surface area contributed by atoms with Crippen LogP contribution in [0.3, 0.4) is 0 Å². The molecule has 0 aliphatic carbocycles. The molecule has 28 heavy (non-hydrogen) atoms. The SMILES string of the molecule is COc1ccccc1Nc1ncc2c(n1)CCN(Cc1ccc(Cl)cc1)C2.Cl. The monoisotopic (exact) mass is 416 g/mol. The zero-order chi connectivity index (χ0) is 18.6. The van der Waals surface area contributed by atoms with Gasteiger partial charge in [0.15, 0.2) is 0 Å². The lowest BCUT2D eigenvalue weighted by atomic mass is 10.1. The van der Waals surface area contributed by atoms with E-state index >= 15 is 0 Å². The van der Waals surface area contributed by atoms with Crippen molar-refractivity contribution in [2.45, 2.75) is 19.5 Å². The Hall–Kier alpha value is -2.34. The fraction of sp³-hybridized carbons (Fsp3) is 0.238. The molecule has 7 heteroatoms. The van der Waals surface area contributed by atoms with E-state index in [2.05, 4.69) is 27.3 Å². The van der Waals surface area contributed by atoms with Crippen LogP contribution in [-0.2, 0) is 19.5 Å². The Kier molecular flexibility index (Phi) is 6.73. The fourth-order valence-electron chi connectivity index (χ4n) is 3.29. The number of nitrogens with zero attached hydrogens (tertiary/aromatic N) is 3. The van der Waals surface area contributed by atoms with Gasteiger partial charge in [-0.15, -0.1) is 12.4 Å². The Bertz CT molecular complexity index is 934. The number of para-hydroxylation sites is 2. The number of methoxy groups -OCH3 is 1. The number of benzene rings is 2. The van der Waals surface area contributed by atoms with Crippen molar-refractivity contribution in [1.82, 2.24) is 14.9 Å². The Balaban J connectivity index is 0.00000225. The summed E-state index contributed by atoms with van der Waals surface area (Å²) in [6.07, 6.45) is 2.83. The summed E-state index contributed by atoms with van der Waals surface area (Å²) >= 11 is 5.97. The molecule has 0 unspecified atom stereocenters. The zero-order valence-electron chi connectivity index (χ0n) is 15.6. The molecular weight excluding hydrogens is 395 g/mol. The lowest BCUT2D eigenvalue weighted by Crippen LogP contribution is -2.31. The highest BCUT2D eigenvalue weighted by atomic mass is 35.5. The largest absolute Gasteiger partial charge is 0.495 e. The minimum atomic E-state index is 0. The summed E-state index contributed by atoms with van der Waals surface area (Å²) in [7, 11) is 1.66. The molecule has 3 aromatic rings. The summed E-state index contributed by atoms with van der Waals surface area (Å²) in [5.41, 5.74) is 4.41. The summed E-state index contributed by atoms with van der Waals surface area (Å²) in [5, 5.41) is 4.03. The molecule has 0 spiro atoms. The van der Waals surface area contributed by atoms with Gasteiger partial charge in [0.05, 0.1) is 18.5 Å². The van der Waals surface area contributed by atoms with Crippen LogP contribution in [0.5, 0.6) is 5.75 Å². The van der Waals surface area contributed by atoms with E-state index in [1.165, 1.54) is 11.1 Å². The summed E-state index contributed by atoms with van der Waals surface area (Å²) < 4.78 is 5.38. The van der Waals surface area contributed by atoms with Crippen molar-refractivity contribution in [1.29, 1.82) is 0 Å². The third kappa shape index (κ3) is 4.73. The number of aromatic nitrogens is 2.